The van der Waals surface area contributed by atoms with Crippen LogP contribution in [0.2, 0.25) is 0 Å². The van der Waals surface area contributed by atoms with Crippen LogP contribution in [-0.2, 0) is 11.4 Å². The third-order valence-electron chi connectivity index (χ3n) is 1.63. The van der Waals surface area contributed by atoms with Gasteiger partial charge in [0.2, 0.25) is 0 Å². The van der Waals surface area contributed by atoms with E-state index in [1.54, 1.807) is 24.3 Å². The Bertz CT molecular complexity index is 329. The van der Waals surface area contributed by atoms with Crippen molar-refractivity contribution in [2.75, 3.05) is 0 Å². The Kier molecular flexibility index (Phi) is 3.23. The van der Waals surface area contributed by atoms with Gasteiger partial charge >= 0.3 is 5.97 Å². The van der Waals surface area contributed by atoms with Crippen molar-refractivity contribution in [2.45, 2.75) is 6.61 Å². The number of aliphatic carboxylic acids is 1. The zero-order chi connectivity index (χ0) is 9.68. The number of carboxylic acids is 1. The molecule has 0 radical (unpaired) electrons. The molecule has 0 saturated heterocycles. The summed E-state index contributed by atoms with van der Waals surface area (Å²) in [6.45, 7) is -0.0832. The third kappa shape index (κ3) is 2.72. The average Bonchev–Trinajstić information content (AvgIpc) is 2.15. The van der Waals surface area contributed by atoms with Crippen LogP contribution in [0.3, 0.4) is 0 Å². The second-order valence-corrected chi connectivity index (χ2v) is 2.53. The summed E-state index contributed by atoms with van der Waals surface area (Å²) >= 11 is 0. The van der Waals surface area contributed by atoms with Crippen molar-refractivity contribution < 1.29 is 15.0 Å². The number of hydrogen-bond acceptors (Lipinski definition) is 2. The topological polar surface area (TPSA) is 57.5 Å². The molecule has 0 unspecified atom stereocenters. The highest BCUT2D eigenvalue weighted by Crippen LogP contribution is 2.10. The molecule has 3 nitrogen and oxygen atoms in total. The largest absolute Gasteiger partial charge is 0.478 e. The molecule has 0 fully saturated rings. The summed E-state index contributed by atoms with van der Waals surface area (Å²) in [5.41, 5.74) is 1.45. The minimum Gasteiger partial charge on any atom is -0.478 e. The fourth-order valence-corrected chi connectivity index (χ4v) is 1.00. The van der Waals surface area contributed by atoms with Crippen LogP contribution in [-0.4, -0.2) is 16.2 Å². The van der Waals surface area contributed by atoms with Crippen molar-refractivity contribution >= 4 is 12.0 Å². The van der Waals surface area contributed by atoms with Gasteiger partial charge in [0.1, 0.15) is 0 Å². The van der Waals surface area contributed by atoms with Crippen LogP contribution in [0, 0.1) is 0 Å². The minimum atomic E-state index is -0.993. The SMILES string of the molecule is O=C(O)/C=C/c1ccccc1CO. The van der Waals surface area contributed by atoms with E-state index in [1.165, 1.54) is 6.08 Å². The van der Waals surface area contributed by atoms with E-state index in [1.807, 2.05) is 0 Å². The Balaban J connectivity index is 2.93. The lowest BCUT2D eigenvalue weighted by Gasteiger charge is -2.00. The summed E-state index contributed by atoms with van der Waals surface area (Å²) < 4.78 is 0. The first-order valence-electron chi connectivity index (χ1n) is 3.84. The summed E-state index contributed by atoms with van der Waals surface area (Å²) in [7, 11) is 0. The number of aliphatic hydroxyl groups excluding tert-OH is 1. The van der Waals surface area contributed by atoms with Gasteiger partial charge in [0.05, 0.1) is 6.61 Å². The van der Waals surface area contributed by atoms with E-state index in [4.69, 9.17) is 10.2 Å². The standard InChI is InChI=1S/C10H10O3/c11-7-9-4-2-1-3-8(9)5-6-10(12)13/h1-6,11H,7H2,(H,12,13)/b6-5+. The maximum atomic E-state index is 10.2. The number of benzene rings is 1. The molecule has 0 bridgehead atoms. The highest BCUT2D eigenvalue weighted by molar-refractivity contribution is 5.85. The van der Waals surface area contributed by atoms with Gasteiger partial charge in [-0.15, -0.1) is 0 Å². The first kappa shape index (κ1) is 9.48. The average molecular weight is 178 g/mol. The number of aliphatic hydroxyl groups is 1. The molecule has 0 amide bonds. The van der Waals surface area contributed by atoms with Gasteiger partial charge in [0.15, 0.2) is 0 Å². The van der Waals surface area contributed by atoms with Crippen LogP contribution >= 0.6 is 0 Å². The van der Waals surface area contributed by atoms with E-state index in [0.717, 1.165) is 17.2 Å². The van der Waals surface area contributed by atoms with Gasteiger partial charge in [-0.1, -0.05) is 24.3 Å². The Morgan fingerprint density at radius 3 is 2.69 bits per heavy atom. The van der Waals surface area contributed by atoms with Crippen LogP contribution in [0.15, 0.2) is 30.3 Å². The summed E-state index contributed by atoms with van der Waals surface area (Å²) in [6.07, 6.45) is 2.52. The lowest BCUT2D eigenvalue weighted by atomic mass is 10.1. The fraction of sp³-hybridized carbons (Fsp3) is 0.100. The van der Waals surface area contributed by atoms with E-state index in [9.17, 15) is 4.79 Å². The molecule has 1 aromatic rings. The van der Waals surface area contributed by atoms with Crippen LogP contribution in [0.5, 0.6) is 0 Å². The molecule has 2 N–H and O–H groups in total. The minimum absolute atomic E-state index is 0.0832. The molecule has 0 aliphatic heterocycles. The highest BCUT2D eigenvalue weighted by Gasteiger charge is 1.96. The normalized spacial score (nSPS) is 10.5. The van der Waals surface area contributed by atoms with Crippen molar-refractivity contribution in [1.82, 2.24) is 0 Å². The predicted octanol–water partition coefficient (Wildman–Crippen LogP) is 1.28. The van der Waals surface area contributed by atoms with E-state index < -0.39 is 5.97 Å². The number of carbonyl (C=O) groups is 1. The van der Waals surface area contributed by atoms with E-state index in [2.05, 4.69) is 0 Å². The molecular weight excluding hydrogens is 168 g/mol. The van der Waals surface area contributed by atoms with Crippen LogP contribution in [0.4, 0.5) is 0 Å². The lowest BCUT2D eigenvalue weighted by molar-refractivity contribution is -0.131. The van der Waals surface area contributed by atoms with Gasteiger partial charge in [0.25, 0.3) is 0 Å². The molecule has 0 aliphatic carbocycles. The van der Waals surface area contributed by atoms with Crippen LogP contribution < -0.4 is 0 Å². The zero-order valence-corrected chi connectivity index (χ0v) is 6.97. The first-order valence-corrected chi connectivity index (χ1v) is 3.84. The fourth-order valence-electron chi connectivity index (χ4n) is 1.00. The number of rotatable bonds is 3. The molecule has 0 atom stereocenters. The summed E-state index contributed by atoms with van der Waals surface area (Å²) in [4.78, 5) is 10.2. The van der Waals surface area contributed by atoms with E-state index >= 15 is 0 Å². The van der Waals surface area contributed by atoms with Gasteiger partial charge in [-0.25, -0.2) is 4.79 Å². The lowest BCUT2D eigenvalue weighted by Crippen LogP contribution is -1.89. The molecular formula is C10H10O3. The monoisotopic (exact) mass is 178 g/mol. The number of hydrogen-bond donors (Lipinski definition) is 2. The Hall–Kier alpha value is -1.61. The molecule has 0 saturated carbocycles. The van der Waals surface area contributed by atoms with Gasteiger partial charge in [0, 0.05) is 6.08 Å². The van der Waals surface area contributed by atoms with Gasteiger partial charge in [-0.2, -0.15) is 0 Å². The smallest absolute Gasteiger partial charge is 0.328 e. The zero-order valence-electron chi connectivity index (χ0n) is 6.97. The quantitative estimate of drug-likeness (QED) is 0.685. The van der Waals surface area contributed by atoms with E-state index in [-0.39, 0.29) is 6.61 Å². The molecule has 13 heavy (non-hydrogen) atoms. The number of carboxylic acid groups (broad SMARTS) is 1. The second-order valence-electron chi connectivity index (χ2n) is 2.53. The van der Waals surface area contributed by atoms with Crippen molar-refractivity contribution in [1.29, 1.82) is 0 Å². The Labute approximate surface area is 76.0 Å². The second kappa shape index (κ2) is 4.42. The van der Waals surface area contributed by atoms with Crippen LogP contribution in [0.25, 0.3) is 6.08 Å². The van der Waals surface area contributed by atoms with Crippen molar-refractivity contribution in [3.05, 3.63) is 41.5 Å². The Morgan fingerprint density at radius 1 is 1.38 bits per heavy atom. The third-order valence-corrected chi connectivity index (χ3v) is 1.63. The molecule has 0 heterocycles. The molecule has 68 valence electrons. The molecule has 3 heteroatoms. The molecule has 0 aliphatic rings. The van der Waals surface area contributed by atoms with Gasteiger partial charge in [-0.05, 0) is 17.2 Å². The van der Waals surface area contributed by atoms with Gasteiger partial charge < -0.3 is 10.2 Å². The van der Waals surface area contributed by atoms with Crippen molar-refractivity contribution in [2.24, 2.45) is 0 Å². The molecule has 1 rings (SSSR count). The van der Waals surface area contributed by atoms with Crippen LogP contribution in [0.1, 0.15) is 11.1 Å². The molecule has 0 aromatic heterocycles. The maximum absolute atomic E-state index is 10.2. The molecule has 1 aromatic carbocycles. The highest BCUT2D eigenvalue weighted by atomic mass is 16.4. The Morgan fingerprint density at radius 2 is 2.08 bits per heavy atom. The van der Waals surface area contributed by atoms with Crippen molar-refractivity contribution in [3.63, 3.8) is 0 Å². The first-order chi connectivity index (χ1) is 6.24. The maximum Gasteiger partial charge on any atom is 0.328 e. The van der Waals surface area contributed by atoms with Gasteiger partial charge in [-0.3, -0.25) is 0 Å². The predicted molar refractivity (Wildman–Crippen MR) is 49.0 cm³/mol. The summed E-state index contributed by atoms with van der Waals surface area (Å²) in [6, 6.07) is 7.09. The molecule has 0 spiro atoms. The van der Waals surface area contributed by atoms with E-state index in [0.29, 0.717) is 0 Å². The van der Waals surface area contributed by atoms with Crippen molar-refractivity contribution in [3.8, 4) is 0 Å². The summed E-state index contributed by atoms with van der Waals surface area (Å²) in [5, 5.41) is 17.3. The summed E-state index contributed by atoms with van der Waals surface area (Å²) in [5.74, 6) is -0.993.